The first-order chi connectivity index (χ1) is 7.66. The normalized spacial score (nSPS) is 25.3. The smallest absolute Gasteiger partial charge is 0.371 e. The van der Waals surface area contributed by atoms with Crippen LogP contribution >= 0.6 is 0 Å². The molecule has 88 valence electrons. The Kier molecular flexibility index (Phi) is 3.17. The highest BCUT2D eigenvalue weighted by Crippen LogP contribution is 2.28. The maximum absolute atomic E-state index is 10.6. The zero-order chi connectivity index (χ0) is 11.5. The third kappa shape index (κ3) is 2.38. The van der Waals surface area contributed by atoms with Crippen LogP contribution in [0.4, 0.5) is 0 Å². The Hall–Kier alpha value is -1.45. The van der Waals surface area contributed by atoms with Gasteiger partial charge in [-0.25, -0.2) is 4.79 Å². The van der Waals surface area contributed by atoms with Crippen LogP contribution in [-0.4, -0.2) is 17.2 Å². The molecule has 1 aromatic rings. The van der Waals surface area contributed by atoms with Gasteiger partial charge in [-0.1, -0.05) is 13.3 Å². The van der Waals surface area contributed by atoms with Crippen LogP contribution < -0.4 is 4.74 Å². The molecular formula is C12H16O4. The van der Waals surface area contributed by atoms with E-state index in [0.29, 0.717) is 11.9 Å². The first kappa shape index (κ1) is 11.0. The molecule has 4 heteroatoms. The summed E-state index contributed by atoms with van der Waals surface area (Å²) in [6.45, 7) is 2.16. The number of hydrogen-bond acceptors (Lipinski definition) is 3. The highest BCUT2D eigenvalue weighted by atomic mass is 16.6. The van der Waals surface area contributed by atoms with Gasteiger partial charge in [-0.2, -0.15) is 0 Å². The van der Waals surface area contributed by atoms with Gasteiger partial charge in [0.2, 0.25) is 5.76 Å². The predicted octanol–water partition coefficient (Wildman–Crippen LogP) is 2.94. The summed E-state index contributed by atoms with van der Waals surface area (Å²) >= 11 is 0. The molecule has 16 heavy (non-hydrogen) atoms. The molecule has 1 fully saturated rings. The second-order valence-corrected chi connectivity index (χ2v) is 4.34. The molecule has 2 atom stereocenters. The summed E-state index contributed by atoms with van der Waals surface area (Å²) in [5.74, 6) is -0.312. The molecule has 0 bridgehead atoms. The van der Waals surface area contributed by atoms with Crippen LogP contribution in [0, 0.1) is 5.92 Å². The Morgan fingerprint density at radius 3 is 2.81 bits per heavy atom. The molecule has 1 heterocycles. The van der Waals surface area contributed by atoms with E-state index in [1.807, 2.05) is 0 Å². The molecule has 1 saturated carbocycles. The van der Waals surface area contributed by atoms with Crippen LogP contribution in [0.15, 0.2) is 16.5 Å². The van der Waals surface area contributed by atoms with Crippen molar-refractivity contribution in [1.29, 1.82) is 0 Å². The van der Waals surface area contributed by atoms with Gasteiger partial charge in [-0.15, -0.1) is 0 Å². The maximum atomic E-state index is 10.6. The second-order valence-electron chi connectivity index (χ2n) is 4.34. The van der Waals surface area contributed by atoms with Crippen LogP contribution in [0.1, 0.15) is 43.2 Å². The number of carboxylic acid groups (broad SMARTS) is 1. The number of carboxylic acids is 1. The Bertz CT molecular complexity index is 369. The van der Waals surface area contributed by atoms with E-state index in [-0.39, 0.29) is 11.9 Å². The van der Waals surface area contributed by atoms with Crippen molar-refractivity contribution in [2.75, 3.05) is 0 Å². The molecule has 0 saturated heterocycles. The van der Waals surface area contributed by atoms with Crippen LogP contribution in [0.2, 0.25) is 0 Å². The fourth-order valence-corrected chi connectivity index (χ4v) is 2.10. The lowest BCUT2D eigenvalue weighted by molar-refractivity contribution is 0.0593. The van der Waals surface area contributed by atoms with E-state index in [2.05, 4.69) is 6.92 Å². The minimum absolute atomic E-state index is 0.0709. The van der Waals surface area contributed by atoms with Crippen molar-refractivity contribution in [3.05, 3.63) is 17.9 Å². The van der Waals surface area contributed by atoms with Crippen molar-refractivity contribution in [2.24, 2.45) is 5.92 Å². The van der Waals surface area contributed by atoms with Crippen molar-refractivity contribution < 1.29 is 19.1 Å². The van der Waals surface area contributed by atoms with Crippen LogP contribution in [0.5, 0.6) is 5.95 Å². The Morgan fingerprint density at radius 2 is 2.19 bits per heavy atom. The average Bonchev–Trinajstić information content (AvgIpc) is 2.70. The minimum atomic E-state index is -1.06. The number of ether oxygens (including phenoxy) is 1. The number of rotatable bonds is 3. The Balaban J connectivity index is 1.99. The van der Waals surface area contributed by atoms with Gasteiger partial charge in [0.05, 0.1) is 0 Å². The lowest BCUT2D eigenvalue weighted by atomic mass is 9.88. The van der Waals surface area contributed by atoms with Gasteiger partial charge >= 0.3 is 5.97 Å². The molecule has 1 aromatic heterocycles. The summed E-state index contributed by atoms with van der Waals surface area (Å²) in [5, 5.41) is 8.71. The zero-order valence-electron chi connectivity index (χ0n) is 9.31. The molecule has 0 amide bonds. The van der Waals surface area contributed by atoms with Gasteiger partial charge in [0, 0.05) is 6.07 Å². The third-order valence-corrected chi connectivity index (χ3v) is 3.09. The Labute approximate surface area is 94.2 Å². The summed E-state index contributed by atoms with van der Waals surface area (Å²) < 4.78 is 10.7. The highest BCUT2D eigenvalue weighted by Gasteiger charge is 2.24. The Morgan fingerprint density at radius 1 is 1.44 bits per heavy atom. The second kappa shape index (κ2) is 4.60. The summed E-state index contributed by atoms with van der Waals surface area (Å²) in [7, 11) is 0. The van der Waals surface area contributed by atoms with Crippen molar-refractivity contribution in [3.63, 3.8) is 0 Å². The van der Waals surface area contributed by atoms with Crippen LogP contribution in [0.25, 0.3) is 0 Å². The number of hydrogen-bond donors (Lipinski definition) is 1. The van der Waals surface area contributed by atoms with Crippen molar-refractivity contribution in [2.45, 2.75) is 38.7 Å². The monoisotopic (exact) mass is 224 g/mol. The number of furan rings is 1. The van der Waals surface area contributed by atoms with Gasteiger partial charge in [-0.3, -0.25) is 0 Å². The number of carbonyl (C=O) groups is 1. The molecule has 0 radical (unpaired) electrons. The molecule has 4 nitrogen and oxygen atoms in total. The van der Waals surface area contributed by atoms with Gasteiger partial charge in [-0.05, 0) is 31.2 Å². The third-order valence-electron chi connectivity index (χ3n) is 3.09. The van der Waals surface area contributed by atoms with E-state index in [4.69, 9.17) is 14.3 Å². The first-order valence-corrected chi connectivity index (χ1v) is 5.66. The van der Waals surface area contributed by atoms with Crippen LogP contribution in [0.3, 0.4) is 0 Å². The van der Waals surface area contributed by atoms with Gasteiger partial charge in [0.25, 0.3) is 5.95 Å². The summed E-state index contributed by atoms with van der Waals surface area (Å²) in [6, 6.07) is 3.00. The first-order valence-electron chi connectivity index (χ1n) is 5.66. The summed E-state index contributed by atoms with van der Waals surface area (Å²) in [6.07, 6.45) is 4.75. The van der Waals surface area contributed by atoms with E-state index in [1.165, 1.54) is 18.9 Å². The van der Waals surface area contributed by atoms with E-state index < -0.39 is 5.97 Å². The van der Waals surface area contributed by atoms with E-state index in [0.717, 1.165) is 12.8 Å². The molecule has 0 aliphatic heterocycles. The molecule has 2 unspecified atom stereocenters. The lowest BCUT2D eigenvalue weighted by Crippen LogP contribution is -2.28. The van der Waals surface area contributed by atoms with E-state index in [9.17, 15) is 4.79 Å². The summed E-state index contributed by atoms with van der Waals surface area (Å²) in [5.41, 5.74) is 0. The van der Waals surface area contributed by atoms with Crippen LogP contribution in [-0.2, 0) is 0 Å². The topological polar surface area (TPSA) is 59.7 Å². The van der Waals surface area contributed by atoms with Gasteiger partial charge < -0.3 is 14.3 Å². The SMILES string of the molecule is CC1CCCCC1Oc1ccc(C(=O)O)o1. The van der Waals surface area contributed by atoms with E-state index in [1.54, 1.807) is 6.07 Å². The zero-order valence-corrected chi connectivity index (χ0v) is 9.31. The molecular weight excluding hydrogens is 208 g/mol. The van der Waals surface area contributed by atoms with Crippen molar-refractivity contribution in [3.8, 4) is 5.95 Å². The minimum Gasteiger partial charge on any atom is -0.475 e. The standard InChI is InChI=1S/C12H16O4/c1-8-4-2-3-5-9(8)15-11-7-6-10(16-11)12(13)14/h6-9H,2-5H2,1H3,(H,13,14). The fraction of sp³-hybridized carbons (Fsp3) is 0.583. The number of aromatic carboxylic acids is 1. The lowest BCUT2D eigenvalue weighted by Gasteiger charge is -2.28. The maximum Gasteiger partial charge on any atom is 0.371 e. The fourth-order valence-electron chi connectivity index (χ4n) is 2.10. The van der Waals surface area contributed by atoms with Crippen molar-refractivity contribution in [1.82, 2.24) is 0 Å². The largest absolute Gasteiger partial charge is 0.475 e. The molecule has 0 spiro atoms. The van der Waals surface area contributed by atoms with Gasteiger partial charge in [0.1, 0.15) is 6.10 Å². The predicted molar refractivity (Wildman–Crippen MR) is 57.7 cm³/mol. The molecule has 2 rings (SSSR count). The molecule has 0 aromatic carbocycles. The quantitative estimate of drug-likeness (QED) is 0.857. The van der Waals surface area contributed by atoms with Gasteiger partial charge in [0.15, 0.2) is 0 Å². The molecule has 1 aliphatic rings. The molecule has 1 N–H and O–H groups in total. The summed E-state index contributed by atoms with van der Waals surface area (Å²) in [4.78, 5) is 10.6. The van der Waals surface area contributed by atoms with Crippen molar-refractivity contribution >= 4 is 5.97 Å². The van der Waals surface area contributed by atoms with E-state index >= 15 is 0 Å². The highest BCUT2D eigenvalue weighted by molar-refractivity contribution is 5.84. The average molecular weight is 224 g/mol. The molecule has 1 aliphatic carbocycles.